The monoisotopic (exact) mass is 338 g/mol. The Morgan fingerprint density at radius 1 is 1.35 bits per heavy atom. The van der Waals surface area contributed by atoms with Gasteiger partial charge in [-0.15, -0.1) is 0 Å². The lowest BCUT2D eigenvalue weighted by atomic mass is 10.2. The molecule has 0 spiro atoms. The Morgan fingerprint density at radius 3 is 2.65 bits per heavy atom. The van der Waals surface area contributed by atoms with Crippen LogP contribution < -0.4 is 5.32 Å². The van der Waals surface area contributed by atoms with Gasteiger partial charge in [-0.1, -0.05) is 0 Å². The van der Waals surface area contributed by atoms with Crippen molar-refractivity contribution in [2.75, 3.05) is 5.32 Å². The van der Waals surface area contributed by atoms with E-state index in [1.54, 1.807) is 0 Å². The van der Waals surface area contributed by atoms with Crippen molar-refractivity contribution in [3.05, 3.63) is 50.9 Å². The standard InChI is InChI=1S/C11H7BrN4O4/c12-9-4-14-10(5-13-9)15-11(18)6-1-2-7(16(19)20)8(17)3-6/h1-5,17H,(H,14,15,18). The van der Waals surface area contributed by atoms with Gasteiger partial charge in [0.05, 0.1) is 17.3 Å². The smallest absolute Gasteiger partial charge is 0.310 e. The van der Waals surface area contributed by atoms with Gasteiger partial charge in [-0.2, -0.15) is 0 Å². The molecule has 1 heterocycles. The topological polar surface area (TPSA) is 118 Å². The van der Waals surface area contributed by atoms with E-state index in [9.17, 15) is 20.0 Å². The molecule has 0 saturated heterocycles. The molecule has 2 aromatic rings. The van der Waals surface area contributed by atoms with E-state index in [1.165, 1.54) is 18.5 Å². The first kappa shape index (κ1) is 13.9. The lowest BCUT2D eigenvalue weighted by molar-refractivity contribution is -0.385. The highest BCUT2D eigenvalue weighted by Crippen LogP contribution is 2.26. The van der Waals surface area contributed by atoms with Crippen LogP contribution in [0.2, 0.25) is 0 Å². The van der Waals surface area contributed by atoms with Crippen LogP contribution in [0, 0.1) is 10.1 Å². The second kappa shape index (κ2) is 5.61. The number of carbonyl (C=O) groups is 1. The van der Waals surface area contributed by atoms with Crippen molar-refractivity contribution < 1.29 is 14.8 Å². The number of rotatable bonds is 3. The second-order valence-corrected chi connectivity index (χ2v) is 4.45. The van der Waals surface area contributed by atoms with Gasteiger partial charge >= 0.3 is 5.69 Å². The Hall–Kier alpha value is -2.55. The normalized spacial score (nSPS) is 10.1. The minimum Gasteiger partial charge on any atom is -0.502 e. The summed E-state index contributed by atoms with van der Waals surface area (Å²) in [4.78, 5) is 29.5. The lowest BCUT2D eigenvalue weighted by Gasteiger charge is -2.04. The van der Waals surface area contributed by atoms with Gasteiger partial charge in [0.2, 0.25) is 0 Å². The molecular weight excluding hydrogens is 332 g/mol. The van der Waals surface area contributed by atoms with Crippen LogP contribution >= 0.6 is 15.9 Å². The predicted octanol–water partition coefficient (Wildman–Crippen LogP) is 2.11. The van der Waals surface area contributed by atoms with Crippen molar-refractivity contribution >= 4 is 33.3 Å². The van der Waals surface area contributed by atoms with E-state index in [0.717, 1.165) is 12.1 Å². The Labute approximate surface area is 120 Å². The highest BCUT2D eigenvalue weighted by atomic mass is 79.9. The van der Waals surface area contributed by atoms with Crippen LogP contribution in [0.3, 0.4) is 0 Å². The highest BCUT2D eigenvalue weighted by molar-refractivity contribution is 9.10. The van der Waals surface area contributed by atoms with Crippen LogP contribution in [0.15, 0.2) is 35.2 Å². The molecule has 1 aromatic heterocycles. The van der Waals surface area contributed by atoms with Crippen LogP contribution in [0.1, 0.15) is 10.4 Å². The summed E-state index contributed by atoms with van der Waals surface area (Å²) < 4.78 is 0.517. The summed E-state index contributed by atoms with van der Waals surface area (Å²) >= 11 is 3.10. The molecule has 1 aromatic carbocycles. The molecule has 1 amide bonds. The zero-order chi connectivity index (χ0) is 14.7. The quantitative estimate of drug-likeness (QED) is 0.653. The molecule has 8 nitrogen and oxygen atoms in total. The number of hydrogen-bond donors (Lipinski definition) is 2. The van der Waals surface area contributed by atoms with Gasteiger partial charge in [0, 0.05) is 11.6 Å². The SMILES string of the molecule is O=C(Nc1cnc(Br)cn1)c1ccc([N+](=O)[O-])c(O)c1. The summed E-state index contributed by atoms with van der Waals surface area (Å²) in [5.41, 5.74) is -0.400. The molecule has 2 rings (SSSR count). The fraction of sp³-hybridized carbons (Fsp3) is 0. The molecule has 0 fully saturated rings. The molecule has 0 aliphatic heterocycles. The summed E-state index contributed by atoms with van der Waals surface area (Å²) in [6.45, 7) is 0. The fourth-order valence-corrected chi connectivity index (χ4v) is 1.59. The number of amides is 1. The predicted molar refractivity (Wildman–Crippen MR) is 72.4 cm³/mol. The van der Waals surface area contributed by atoms with Crippen molar-refractivity contribution in [3.63, 3.8) is 0 Å². The van der Waals surface area contributed by atoms with E-state index in [4.69, 9.17) is 0 Å². The summed E-state index contributed by atoms with van der Waals surface area (Å²) in [6.07, 6.45) is 2.75. The summed E-state index contributed by atoms with van der Waals surface area (Å²) in [5, 5.41) is 22.5. The fourth-order valence-electron chi connectivity index (χ4n) is 1.38. The summed E-state index contributed by atoms with van der Waals surface area (Å²) in [5.74, 6) is -0.924. The number of phenols is 1. The van der Waals surface area contributed by atoms with E-state index in [2.05, 4.69) is 31.2 Å². The lowest BCUT2D eigenvalue weighted by Crippen LogP contribution is -2.13. The maximum Gasteiger partial charge on any atom is 0.310 e. The maximum absolute atomic E-state index is 11.9. The third-order valence-corrected chi connectivity index (χ3v) is 2.71. The highest BCUT2D eigenvalue weighted by Gasteiger charge is 2.16. The van der Waals surface area contributed by atoms with Gasteiger partial charge in [0.1, 0.15) is 4.60 Å². The maximum atomic E-state index is 11.9. The molecule has 0 aliphatic carbocycles. The molecule has 0 saturated carbocycles. The summed E-state index contributed by atoms with van der Waals surface area (Å²) in [7, 11) is 0. The van der Waals surface area contributed by atoms with E-state index in [0.29, 0.717) is 4.60 Å². The number of aromatic nitrogens is 2. The molecular formula is C11H7BrN4O4. The van der Waals surface area contributed by atoms with Gasteiger partial charge in [-0.05, 0) is 28.1 Å². The number of halogens is 1. The number of nitro groups is 1. The number of nitro benzene ring substituents is 1. The van der Waals surface area contributed by atoms with Gasteiger partial charge in [0.15, 0.2) is 11.6 Å². The molecule has 9 heteroatoms. The van der Waals surface area contributed by atoms with Crippen LogP contribution in [0.4, 0.5) is 11.5 Å². The average molecular weight is 339 g/mol. The van der Waals surface area contributed by atoms with Crippen LogP contribution in [0.25, 0.3) is 0 Å². The molecule has 0 radical (unpaired) electrons. The van der Waals surface area contributed by atoms with Gasteiger partial charge in [-0.3, -0.25) is 14.9 Å². The molecule has 0 atom stereocenters. The number of hydrogen-bond acceptors (Lipinski definition) is 6. The van der Waals surface area contributed by atoms with Crippen molar-refractivity contribution in [2.45, 2.75) is 0 Å². The van der Waals surface area contributed by atoms with Crippen LogP contribution in [-0.2, 0) is 0 Å². The molecule has 0 unspecified atom stereocenters. The van der Waals surface area contributed by atoms with Gasteiger partial charge < -0.3 is 10.4 Å². The Bertz CT molecular complexity index is 675. The number of nitrogens with zero attached hydrogens (tertiary/aromatic N) is 3. The van der Waals surface area contributed by atoms with Crippen molar-refractivity contribution in [2.24, 2.45) is 0 Å². The third-order valence-electron chi connectivity index (χ3n) is 2.30. The minimum atomic E-state index is -0.739. The number of phenolic OH excluding ortho intramolecular Hbond substituents is 1. The number of benzene rings is 1. The first-order chi connectivity index (χ1) is 9.47. The van der Waals surface area contributed by atoms with E-state index >= 15 is 0 Å². The molecule has 0 bridgehead atoms. The number of aromatic hydroxyl groups is 1. The molecule has 0 aliphatic rings. The van der Waals surface area contributed by atoms with Crippen LogP contribution in [0.5, 0.6) is 5.75 Å². The van der Waals surface area contributed by atoms with Gasteiger partial charge in [-0.25, -0.2) is 9.97 Å². The number of carbonyl (C=O) groups excluding carboxylic acids is 1. The first-order valence-corrected chi connectivity index (χ1v) is 6.03. The zero-order valence-electron chi connectivity index (χ0n) is 9.78. The van der Waals surface area contributed by atoms with E-state index in [1.807, 2.05) is 0 Å². The Balaban J connectivity index is 2.19. The van der Waals surface area contributed by atoms with Crippen molar-refractivity contribution in [1.82, 2.24) is 9.97 Å². The first-order valence-electron chi connectivity index (χ1n) is 5.23. The van der Waals surface area contributed by atoms with Gasteiger partial charge in [0.25, 0.3) is 5.91 Å². The van der Waals surface area contributed by atoms with Crippen LogP contribution in [-0.4, -0.2) is 25.9 Å². The number of nitrogens with one attached hydrogen (secondary N) is 1. The van der Waals surface area contributed by atoms with Crippen molar-refractivity contribution in [3.8, 4) is 5.75 Å². The third kappa shape index (κ3) is 3.06. The second-order valence-electron chi connectivity index (χ2n) is 3.64. The minimum absolute atomic E-state index is 0.0674. The molecule has 102 valence electrons. The zero-order valence-corrected chi connectivity index (χ0v) is 11.4. The summed E-state index contributed by atoms with van der Waals surface area (Å²) in [6, 6.07) is 3.30. The Kier molecular flexibility index (Phi) is 3.89. The number of anilines is 1. The molecule has 20 heavy (non-hydrogen) atoms. The Morgan fingerprint density at radius 2 is 2.10 bits per heavy atom. The molecule has 2 N–H and O–H groups in total. The van der Waals surface area contributed by atoms with Crippen molar-refractivity contribution in [1.29, 1.82) is 0 Å². The average Bonchev–Trinajstić information content (AvgIpc) is 2.40. The van der Waals surface area contributed by atoms with E-state index < -0.39 is 22.3 Å². The largest absolute Gasteiger partial charge is 0.502 e. The van der Waals surface area contributed by atoms with E-state index in [-0.39, 0.29) is 11.4 Å².